The molecule has 1 N–H and O–H groups in total. The zero-order chi connectivity index (χ0) is 26.0. The van der Waals surface area contributed by atoms with Gasteiger partial charge in [-0.2, -0.15) is 0 Å². The molecule has 35 heavy (non-hydrogen) atoms. The van der Waals surface area contributed by atoms with Crippen LogP contribution in [0.5, 0.6) is 5.75 Å². The number of methoxy groups -OCH3 is 1. The molecule has 0 aliphatic heterocycles. The highest BCUT2D eigenvalue weighted by atomic mass is 35.5. The lowest BCUT2D eigenvalue weighted by atomic mass is 10.1. The summed E-state index contributed by atoms with van der Waals surface area (Å²) in [5, 5.41) is 3.06. The number of amides is 2. The highest BCUT2D eigenvalue weighted by Gasteiger charge is 2.26. The summed E-state index contributed by atoms with van der Waals surface area (Å²) in [6.07, 6.45) is 2.08. The molecule has 0 fully saturated rings. The van der Waals surface area contributed by atoms with Crippen LogP contribution < -0.4 is 14.4 Å². The number of likely N-dealkylation sites (N-methyl/N-ethyl adjacent to an activating group) is 1. The molecule has 0 saturated carbocycles. The van der Waals surface area contributed by atoms with Gasteiger partial charge in [-0.05, 0) is 50.5 Å². The third-order valence-electron chi connectivity index (χ3n) is 5.58. The zero-order valence-electron chi connectivity index (χ0n) is 20.7. The van der Waals surface area contributed by atoms with Gasteiger partial charge < -0.3 is 15.0 Å². The fourth-order valence-electron chi connectivity index (χ4n) is 3.71. The highest BCUT2D eigenvalue weighted by molar-refractivity contribution is 7.92. The summed E-state index contributed by atoms with van der Waals surface area (Å²) in [5.74, 6) is 0.00731. The van der Waals surface area contributed by atoms with Gasteiger partial charge in [-0.3, -0.25) is 13.9 Å². The van der Waals surface area contributed by atoms with Crippen LogP contribution in [-0.2, 0) is 26.0 Å². The number of ether oxygens (including phenoxy) is 1. The second kappa shape index (κ2) is 13.3. The van der Waals surface area contributed by atoms with Gasteiger partial charge in [0.15, 0.2) is 0 Å². The van der Waals surface area contributed by atoms with Gasteiger partial charge in [0, 0.05) is 26.1 Å². The minimum atomic E-state index is -3.61. The molecule has 1 atom stereocenters. The molecule has 0 unspecified atom stereocenters. The molecule has 0 radical (unpaired) electrons. The predicted molar refractivity (Wildman–Crippen MR) is 139 cm³/mol. The van der Waals surface area contributed by atoms with Crippen molar-refractivity contribution in [2.24, 2.45) is 0 Å². The number of nitrogens with one attached hydrogen (secondary N) is 1. The molecule has 0 aliphatic carbocycles. The Bertz CT molecular complexity index is 1100. The highest BCUT2D eigenvalue weighted by Crippen LogP contribution is 2.30. The first kappa shape index (κ1) is 28.5. The summed E-state index contributed by atoms with van der Waals surface area (Å²) in [6.45, 7) is 4.47. The minimum absolute atomic E-state index is 0.0917. The molecule has 0 saturated heterocycles. The van der Waals surface area contributed by atoms with E-state index in [2.05, 4.69) is 5.32 Å². The van der Waals surface area contributed by atoms with Crippen LogP contribution in [0.4, 0.5) is 5.69 Å². The molecule has 0 spiro atoms. The Morgan fingerprint density at radius 2 is 1.80 bits per heavy atom. The smallest absolute Gasteiger partial charge is 0.242 e. The number of carbonyl (C=O) groups is 2. The van der Waals surface area contributed by atoms with Crippen LogP contribution in [0.25, 0.3) is 0 Å². The first-order valence-electron chi connectivity index (χ1n) is 11.5. The molecule has 192 valence electrons. The number of halogens is 1. The van der Waals surface area contributed by atoms with Crippen molar-refractivity contribution in [3.63, 3.8) is 0 Å². The number of rotatable bonds is 13. The zero-order valence-corrected chi connectivity index (χ0v) is 22.2. The molecular formula is C25H34ClN3O5S. The van der Waals surface area contributed by atoms with Crippen LogP contribution in [0.2, 0.25) is 5.02 Å². The summed E-state index contributed by atoms with van der Waals surface area (Å²) in [5.41, 5.74) is 1.45. The topological polar surface area (TPSA) is 96.0 Å². The van der Waals surface area contributed by atoms with Crippen LogP contribution >= 0.6 is 11.6 Å². The Morgan fingerprint density at radius 3 is 2.37 bits per heavy atom. The monoisotopic (exact) mass is 523 g/mol. The quantitative estimate of drug-likeness (QED) is 0.433. The van der Waals surface area contributed by atoms with Crippen LogP contribution in [0.1, 0.15) is 32.3 Å². The van der Waals surface area contributed by atoms with Gasteiger partial charge in [-0.1, -0.05) is 41.9 Å². The molecule has 0 aliphatic rings. The number of nitrogens with zero attached hydrogens (tertiary/aromatic N) is 2. The normalized spacial score (nSPS) is 12.0. The first-order valence-corrected chi connectivity index (χ1v) is 13.7. The maximum Gasteiger partial charge on any atom is 0.242 e. The van der Waals surface area contributed by atoms with Crippen molar-refractivity contribution in [1.82, 2.24) is 10.2 Å². The van der Waals surface area contributed by atoms with Crippen LogP contribution in [-0.4, -0.2) is 64.2 Å². The summed E-state index contributed by atoms with van der Waals surface area (Å²) >= 11 is 6.18. The molecule has 0 aromatic heterocycles. The van der Waals surface area contributed by atoms with Crippen molar-refractivity contribution in [1.29, 1.82) is 0 Å². The van der Waals surface area contributed by atoms with Crippen LogP contribution in [0.3, 0.4) is 0 Å². The number of anilines is 1. The Labute approximate surface area is 213 Å². The third kappa shape index (κ3) is 8.43. The molecule has 10 heteroatoms. The Kier molecular flexibility index (Phi) is 10.9. The fraction of sp³-hybridized carbons (Fsp3) is 0.440. The van der Waals surface area contributed by atoms with Gasteiger partial charge in [0.25, 0.3) is 0 Å². The van der Waals surface area contributed by atoms with E-state index < -0.39 is 16.1 Å². The van der Waals surface area contributed by atoms with E-state index in [-0.39, 0.29) is 36.2 Å². The standard InChI is InChI=1S/C25H34ClN3O5S/c1-5-27-25(31)19(2)28(17-15-20-10-7-6-8-11-20)24(30)12-9-16-29(35(4,32)33)21-13-14-23(34-3)22(26)18-21/h6-8,10-11,13-14,18-19H,5,9,12,15-17H2,1-4H3,(H,27,31)/t19-/m1/s1. The summed E-state index contributed by atoms with van der Waals surface area (Å²) < 4.78 is 31.2. The average Bonchev–Trinajstić information content (AvgIpc) is 2.81. The number of hydrogen-bond donors (Lipinski definition) is 1. The molecule has 0 heterocycles. The van der Waals surface area contributed by atoms with Crippen LogP contribution in [0, 0.1) is 0 Å². The first-order chi connectivity index (χ1) is 16.6. The SMILES string of the molecule is CCNC(=O)[C@@H](C)N(CCc1ccccc1)C(=O)CCCN(c1ccc(OC)c(Cl)c1)S(C)(=O)=O. The van der Waals surface area contributed by atoms with E-state index in [1.54, 1.807) is 24.0 Å². The number of sulfonamides is 1. The van der Waals surface area contributed by atoms with E-state index >= 15 is 0 Å². The average molecular weight is 524 g/mol. The molecule has 2 amide bonds. The predicted octanol–water partition coefficient (Wildman–Crippen LogP) is 3.49. The molecule has 2 aromatic rings. The molecule has 2 rings (SSSR count). The Morgan fingerprint density at radius 1 is 1.11 bits per heavy atom. The number of carbonyl (C=O) groups excluding carboxylic acids is 2. The number of hydrogen-bond acceptors (Lipinski definition) is 5. The summed E-state index contributed by atoms with van der Waals surface area (Å²) in [6, 6.07) is 13.8. The van der Waals surface area contributed by atoms with Gasteiger partial charge in [0.1, 0.15) is 11.8 Å². The van der Waals surface area contributed by atoms with E-state index in [0.717, 1.165) is 11.8 Å². The Balaban J connectivity index is 2.12. The van der Waals surface area contributed by atoms with Crippen molar-refractivity contribution in [2.45, 2.75) is 39.2 Å². The van der Waals surface area contributed by atoms with Crippen molar-refractivity contribution < 1.29 is 22.7 Å². The lowest BCUT2D eigenvalue weighted by Gasteiger charge is -2.29. The maximum atomic E-state index is 13.2. The van der Waals surface area contributed by atoms with E-state index in [4.69, 9.17) is 16.3 Å². The van der Waals surface area contributed by atoms with Crippen molar-refractivity contribution in [3.8, 4) is 5.75 Å². The second-order valence-corrected chi connectivity index (χ2v) is 10.5. The molecule has 8 nitrogen and oxygen atoms in total. The largest absolute Gasteiger partial charge is 0.495 e. The summed E-state index contributed by atoms with van der Waals surface area (Å²) in [4.78, 5) is 27.2. The molecule has 0 bridgehead atoms. The molecule has 2 aromatic carbocycles. The maximum absolute atomic E-state index is 13.2. The van der Waals surface area contributed by atoms with Gasteiger partial charge in [-0.25, -0.2) is 8.42 Å². The van der Waals surface area contributed by atoms with Gasteiger partial charge in [-0.15, -0.1) is 0 Å². The molecular weight excluding hydrogens is 490 g/mol. The lowest BCUT2D eigenvalue weighted by molar-refractivity contribution is -0.139. The van der Waals surface area contributed by atoms with Gasteiger partial charge >= 0.3 is 0 Å². The lowest BCUT2D eigenvalue weighted by Crippen LogP contribution is -2.48. The van der Waals surface area contributed by atoms with Crippen molar-refractivity contribution >= 4 is 39.1 Å². The van der Waals surface area contributed by atoms with Gasteiger partial charge in [0.2, 0.25) is 21.8 Å². The minimum Gasteiger partial charge on any atom is -0.495 e. The second-order valence-electron chi connectivity index (χ2n) is 8.15. The van der Waals surface area contributed by atoms with E-state index in [0.29, 0.717) is 30.9 Å². The van der Waals surface area contributed by atoms with Crippen molar-refractivity contribution in [3.05, 3.63) is 59.1 Å². The Hall–Kier alpha value is -2.78. The van der Waals surface area contributed by atoms with E-state index in [1.165, 1.54) is 17.5 Å². The van der Waals surface area contributed by atoms with Crippen LogP contribution in [0.15, 0.2) is 48.5 Å². The fourth-order valence-corrected chi connectivity index (χ4v) is 4.92. The van der Waals surface area contributed by atoms with E-state index in [1.807, 2.05) is 37.3 Å². The van der Waals surface area contributed by atoms with Crippen molar-refractivity contribution in [2.75, 3.05) is 37.3 Å². The number of benzene rings is 2. The van der Waals surface area contributed by atoms with Gasteiger partial charge in [0.05, 0.1) is 24.1 Å². The van der Waals surface area contributed by atoms with E-state index in [9.17, 15) is 18.0 Å². The summed E-state index contributed by atoms with van der Waals surface area (Å²) in [7, 11) is -2.13. The third-order valence-corrected chi connectivity index (χ3v) is 7.07.